The van der Waals surface area contributed by atoms with Crippen LogP contribution in [0.5, 0.6) is 0 Å². The Morgan fingerprint density at radius 2 is 1.88 bits per heavy atom. The molecule has 0 aromatic heterocycles. The van der Waals surface area contributed by atoms with Gasteiger partial charge in [-0.2, -0.15) is 0 Å². The van der Waals surface area contributed by atoms with Gasteiger partial charge in [0.15, 0.2) is 12.1 Å². The van der Waals surface area contributed by atoms with Gasteiger partial charge in [-0.25, -0.2) is 14.0 Å². The Bertz CT molecular complexity index is 634. The number of halogens is 1. The van der Waals surface area contributed by atoms with Crippen molar-refractivity contribution in [2.75, 3.05) is 25.6 Å². The van der Waals surface area contributed by atoms with E-state index in [1.807, 2.05) is 0 Å². The SMILES string of the molecule is COC(=O)c1c(C2OCCO2)ccc(NC(=O)OC(C)(C)C)c1F. The number of anilines is 1. The molecule has 1 aliphatic rings. The number of nitrogens with one attached hydrogen (secondary N) is 1. The molecule has 0 radical (unpaired) electrons. The van der Waals surface area contributed by atoms with Crippen LogP contribution < -0.4 is 5.32 Å². The second kappa shape index (κ2) is 7.14. The molecule has 1 heterocycles. The Hall–Kier alpha value is -2.19. The summed E-state index contributed by atoms with van der Waals surface area (Å²) in [5.41, 5.74) is -1.09. The van der Waals surface area contributed by atoms with Crippen LogP contribution >= 0.6 is 0 Å². The van der Waals surface area contributed by atoms with Crippen molar-refractivity contribution in [2.24, 2.45) is 0 Å². The Balaban J connectivity index is 2.34. The first kappa shape index (κ1) is 18.2. The number of hydrogen-bond acceptors (Lipinski definition) is 6. The zero-order chi connectivity index (χ0) is 17.9. The summed E-state index contributed by atoms with van der Waals surface area (Å²) < 4.78 is 35.0. The quantitative estimate of drug-likeness (QED) is 0.851. The molecule has 132 valence electrons. The maximum absolute atomic E-state index is 14.7. The van der Waals surface area contributed by atoms with E-state index in [4.69, 9.17) is 14.2 Å². The largest absolute Gasteiger partial charge is 0.465 e. The van der Waals surface area contributed by atoms with E-state index < -0.39 is 29.8 Å². The molecule has 1 fully saturated rings. The van der Waals surface area contributed by atoms with Crippen LogP contribution in [0.3, 0.4) is 0 Å². The lowest BCUT2D eigenvalue weighted by molar-refractivity contribution is -0.0451. The van der Waals surface area contributed by atoms with Crippen LogP contribution in [0.4, 0.5) is 14.9 Å². The van der Waals surface area contributed by atoms with Crippen LogP contribution in [0.15, 0.2) is 12.1 Å². The van der Waals surface area contributed by atoms with Crippen LogP contribution in [0.25, 0.3) is 0 Å². The molecule has 0 saturated carbocycles. The summed E-state index contributed by atoms with van der Waals surface area (Å²) >= 11 is 0. The Morgan fingerprint density at radius 1 is 1.25 bits per heavy atom. The van der Waals surface area contributed by atoms with Gasteiger partial charge in [-0.1, -0.05) is 6.07 Å². The first-order chi connectivity index (χ1) is 11.2. The molecule has 1 aromatic rings. The number of benzene rings is 1. The van der Waals surface area contributed by atoms with Crippen molar-refractivity contribution in [3.05, 3.63) is 29.1 Å². The van der Waals surface area contributed by atoms with Crippen LogP contribution in [0, 0.1) is 5.82 Å². The minimum Gasteiger partial charge on any atom is -0.465 e. The highest BCUT2D eigenvalue weighted by molar-refractivity contribution is 5.94. The monoisotopic (exact) mass is 341 g/mol. The van der Waals surface area contributed by atoms with E-state index >= 15 is 0 Å². The zero-order valence-corrected chi connectivity index (χ0v) is 14.0. The van der Waals surface area contributed by atoms with Gasteiger partial charge in [-0.15, -0.1) is 0 Å². The van der Waals surface area contributed by atoms with E-state index in [0.29, 0.717) is 13.2 Å². The van der Waals surface area contributed by atoms with E-state index in [1.54, 1.807) is 20.8 Å². The number of carbonyl (C=O) groups excluding carboxylic acids is 2. The van der Waals surface area contributed by atoms with Crippen molar-refractivity contribution in [3.8, 4) is 0 Å². The summed E-state index contributed by atoms with van der Waals surface area (Å²) in [6, 6.07) is 2.75. The predicted molar refractivity (Wildman–Crippen MR) is 82.2 cm³/mol. The Morgan fingerprint density at radius 3 is 2.42 bits per heavy atom. The first-order valence-electron chi connectivity index (χ1n) is 7.37. The molecular weight excluding hydrogens is 321 g/mol. The van der Waals surface area contributed by atoms with E-state index in [0.717, 1.165) is 7.11 Å². The van der Waals surface area contributed by atoms with Gasteiger partial charge in [0.1, 0.15) is 11.2 Å². The number of amides is 1. The molecule has 0 bridgehead atoms. The molecule has 0 spiro atoms. The fourth-order valence-corrected chi connectivity index (χ4v) is 2.15. The summed E-state index contributed by atoms with van der Waals surface area (Å²) in [5.74, 6) is -1.83. The third-order valence-electron chi connectivity index (χ3n) is 3.08. The lowest BCUT2D eigenvalue weighted by atomic mass is 10.0. The highest BCUT2D eigenvalue weighted by Gasteiger charge is 2.29. The lowest BCUT2D eigenvalue weighted by Gasteiger charge is -2.20. The predicted octanol–water partition coefficient (Wildman–Crippen LogP) is 3.00. The third kappa shape index (κ3) is 4.21. The number of hydrogen-bond donors (Lipinski definition) is 1. The average molecular weight is 341 g/mol. The van der Waals surface area contributed by atoms with Gasteiger partial charge in [-0.05, 0) is 26.8 Å². The molecule has 0 unspecified atom stereocenters. The maximum atomic E-state index is 14.7. The third-order valence-corrected chi connectivity index (χ3v) is 3.08. The number of methoxy groups -OCH3 is 1. The van der Waals surface area contributed by atoms with Crippen LogP contribution in [0.1, 0.15) is 43.0 Å². The van der Waals surface area contributed by atoms with Gasteiger partial charge in [0, 0.05) is 5.56 Å². The number of carbonyl (C=O) groups is 2. The lowest BCUT2D eigenvalue weighted by Crippen LogP contribution is -2.27. The number of rotatable bonds is 3. The van der Waals surface area contributed by atoms with Crippen molar-refractivity contribution in [1.82, 2.24) is 0 Å². The van der Waals surface area contributed by atoms with Crippen LogP contribution in [-0.2, 0) is 18.9 Å². The average Bonchev–Trinajstić information content (AvgIpc) is 3.00. The number of ether oxygens (including phenoxy) is 4. The Labute approximate surface area is 139 Å². The van der Waals surface area contributed by atoms with Gasteiger partial charge in [0.05, 0.1) is 26.0 Å². The van der Waals surface area contributed by atoms with Crippen molar-refractivity contribution in [3.63, 3.8) is 0 Å². The van der Waals surface area contributed by atoms with Gasteiger partial charge in [0.2, 0.25) is 0 Å². The van der Waals surface area contributed by atoms with E-state index in [9.17, 15) is 14.0 Å². The minimum absolute atomic E-state index is 0.201. The summed E-state index contributed by atoms with van der Waals surface area (Å²) in [4.78, 5) is 23.8. The maximum Gasteiger partial charge on any atom is 0.412 e. The van der Waals surface area contributed by atoms with E-state index in [1.165, 1.54) is 12.1 Å². The molecule has 7 nitrogen and oxygen atoms in total. The van der Waals surface area contributed by atoms with Gasteiger partial charge >= 0.3 is 12.1 Å². The van der Waals surface area contributed by atoms with Gasteiger partial charge < -0.3 is 18.9 Å². The molecule has 1 amide bonds. The van der Waals surface area contributed by atoms with Crippen molar-refractivity contribution in [2.45, 2.75) is 32.7 Å². The molecule has 1 aromatic carbocycles. The summed E-state index contributed by atoms with van der Waals surface area (Å²) in [5, 5.41) is 2.28. The second-order valence-corrected chi connectivity index (χ2v) is 6.08. The van der Waals surface area contributed by atoms with E-state index in [2.05, 4.69) is 10.1 Å². The number of esters is 1. The molecule has 1 aliphatic heterocycles. The normalized spacial score (nSPS) is 15.2. The molecule has 24 heavy (non-hydrogen) atoms. The van der Waals surface area contributed by atoms with Crippen molar-refractivity contribution in [1.29, 1.82) is 0 Å². The van der Waals surface area contributed by atoms with Crippen molar-refractivity contribution >= 4 is 17.7 Å². The summed E-state index contributed by atoms with van der Waals surface area (Å²) in [6.07, 6.45) is -1.69. The first-order valence-corrected chi connectivity index (χ1v) is 7.37. The molecule has 0 aliphatic carbocycles. The van der Waals surface area contributed by atoms with Crippen molar-refractivity contribution < 1.29 is 32.9 Å². The molecule has 8 heteroatoms. The topological polar surface area (TPSA) is 83.1 Å². The minimum atomic E-state index is -0.940. The summed E-state index contributed by atoms with van der Waals surface area (Å²) in [6.45, 7) is 5.72. The van der Waals surface area contributed by atoms with E-state index in [-0.39, 0.29) is 16.8 Å². The highest BCUT2D eigenvalue weighted by atomic mass is 19.1. The fourth-order valence-electron chi connectivity index (χ4n) is 2.15. The molecule has 2 rings (SSSR count). The van der Waals surface area contributed by atoms with Crippen LogP contribution in [0.2, 0.25) is 0 Å². The Kier molecular flexibility index (Phi) is 5.40. The molecule has 1 N–H and O–H groups in total. The molecule has 1 saturated heterocycles. The smallest absolute Gasteiger partial charge is 0.412 e. The fraction of sp³-hybridized carbons (Fsp3) is 0.500. The highest BCUT2D eigenvalue weighted by Crippen LogP contribution is 2.31. The zero-order valence-electron chi connectivity index (χ0n) is 14.0. The molecule has 0 atom stereocenters. The van der Waals surface area contributed by atoms with Gasteiger partial charge in [0.25, 0.3) is 0 Å². The molecular formula is C16H20FNO6. The van der Waals surface area contributed by atoms with Gasteiger partial charge in [-0.3, -0.25) is 5.32 Å². The summed E-state index contributed by atoms with van der Waals surface area (Å²) in [7, 11) is 1.13. The standard InChI is InChI=1S/C16H20FNO6/c1-16(2,3)24-15(20)18-10-6-5-9(14-22-7-8-23-14)11(12(10)17)13(19)21-4/h5-6,14H,7-8H2,1-4H3,(H,18,20). The van der Waals surface area contributed by atoms with Crippen LogP contribution in [-0.4, -0.2) is 38.0 Å². The second-order valence-electron chi connectivity index (χ2n) is 6.08.